The van der Waals surface area contributed by atoms with Crippen molar-refractivity contribution in [3.8, 4) is 6.07 Å². The Morgan fingerprint density at radius 3 is 2.44 bits per heavy atom. The molecule has 5 N–H and O–H groups in total. The standard InChI is InChI=1S/C23H32N4O5/c24-10-15-4-14-5-17(14)27(15)20(30)19(26)22-6-12-3-13(7-22)9-23(8-12,11-22)32-21(31)16(25)1-2-18(28)29/h12-17,19H,1-9,11,25-26H2,(H,28,29)/t12-,13?,14?,15-,16-,17?,19+,22?,23?/m0/s1. The predicted molar refractivity (Wildman–Crippen MR) is 112 cm³/mol. The molecule has 1 aliphatic heterocycles. The molecule has 9 atom stereocenters. The topological polar surface area (TPSA) is 160 Å². The van der Waals surface area contributed by atoms with Crippen LogP contribution in [-0.2, 0) is 19.1 Å². The average molecular weight is 445 g/mol. The van der Waals surface area contributed by atoms with Crippen LogP contribution in [0.3, 0.4) is 0 Å². The molecule has 9 heteroatoms. The lowest BCUT2D eigenvalue weighted by Crippen LogP contribution is -2.66. The summed E-state index contributed by atoms with van der Waals surface area (Å²) in [4.78, 5) is 38.8. The number of nitriles is 1. The summed E-state index contributed by atoms with van der Waals surface area (Å²) in [5.41, 5.74) is 11.5. The van der Waals surface area contributed by atoms with Crippen LogP contribution < -0.4 is 11.5 Å². The second-order valence-electron chi connectivity index (χ2n) is 11.1. The molecular formula is C23H32N4O5. The molecule has 1 amide bonds. The van der Waals surface area contributed by atoms with Crippen LogP contribution in [0.4, 0.5) is 0 Å². The van der Waals surface area contributed by atoms with E-state index in [1.807, 2.05) is 0 Å². The monoisotopic (exact) mass is 444 g/mol. The Bertz CT molecular complexity index is 870. The molecule has 0 spiro atoms. The average Bonchev–Trinajstić information content (AvgIpc) is 3.39. The third-order valence-corrected chi connectivity index (χ3v) is 8.78. The largest absolute Gasteiger partial charge is 0.481 e. The van der Waals surface area contributed by atoms with E-state index in [1.54, 1.807) is 4.90 Å². The summed E-state index contributed by atoms with van der Waals surface area (Å²) in [6.45, 7) is 0. The van der Waals surface area contributed by atoms with Gasteiger partial charge in [0.25, 0.3) is 0 Å². The molecule has 5 unspecified atom stereocenters. The van der Waals surface area contributed by atoms with E-state index in [2.05, 4.69) is 6.07 Å². The van der Waals surface area contributed by atoms with Gasteiger partial charge in [0, 0.05) is 12.5 Å². The Labute approximate surface area is 187 Å². The molecule has 9 nitrogen and oxygen atoms in total. The van der Waals surface area contributed by atoms with Crippen LogP contribution in [-0.4, -0.2) is 57.6 Å². The van der Waals surface area contributed by atoms with Gasteiger partial charge in [-0.2, -0.15) is 5.26 Å². The van der Waals surface area contributed by atoms with Crippen LogP contribution in [0.2, 0.25) is 0 Å². The lowest BCUT2D eigenvalue weighted by atomic mass is 9.46. The highest BCUT2D eigenvalue weighted by Crippen LogP contribution is 2.64. The van der Waals surface area contributed by atoms with Crippen molar-refractivity contribution >= 4 is 17.8 Å². The quantitative estimate of drug-likeness (QED) is 0.488. The number of carboxylic acids is 1. The lowest BCUT2D eigenvalue weighted by Gasteiger charge is -2.62. The molecule has 6 rings (SSSR count). The second-order valence-corrected chi connectivity index (χ2v) is 11.1. The number of piperidine rings is 1. The maximum absolute atomic E-state index is 13.5. The van der Waals surface area contributed by atoms with Crippen LogP contribution >= 0.6 is 0 Å². The Morgan fingerprint density at radius 1 is 1.12 bits per heavy atom. The van der Waals surface area contributed by atoms with Crippen LogP contribution in [0.25, 0.3) is 0 Å². The number of nitrogens with two attached hydrogens (primary N) is 2. The molecule has 6 fully saturated rings. The van der Waals surface area contributed by atoms with Crippen molar-refractivity contribution in [3.63, 3.8) is 0 Å². The van der Waals surface area contributed by atoms with E-state index >= 15 is 0 Å². The van der Waals surface area contributed by atoms with Gasteiger partial charge in [0.05, 0.1) is 12.1 Å². The van der Waals surface area contributed by atoms with Crippen LogP contribution in [0.5, 0.6) is 0 Å². The zero-order valence-corrected chi connectivity index (χ0v) is 18.2. The summed E-state index contributed by atoms with van der Waals surface area (Å²) < 4.78 is 6.01. The molecule has 0 aromatic carbocycles. The molecular weight excluding hydrogens is 412 g/mol. The minimum absolute atomic E-state index is 0.0350. The lowest BCUT2D eigenvalue weighted by molar-refractivity contribution is -0.207. The van der Waals surface area contributed by atoms with Crippen molar-refractivity contribution in [2.24, 2.45) is 34.6 Å². The molecule has 5 aliphatic carbocycles. The summed E-state index contributed by atoms with van der Waals surface area (Å²) in [6, 6.07) is 0.369. The fourth-order valence-corrected chi connectivity index (χ4v) is 7.73. The number of amides is 1. The maximum atomic E-state index is 13.5. The van der Waals surface area contributed by atoms with E-state index in [0.29, 0.717) is 24.2 Å². The molecule has 5 saturated carbocycles. The van der Waals surface area contributed by atoms with Gasteiger partial charge < -0.3 is 26.2 Å². The third kappa shape index (κ3) is 3.48. The molecule has 32 heavy (non-hydrogen) atoms. The van der Waals surface area contributed by atoms with E-state index in [9.17, 15) is 19.6 Å². The van der Waals surface area contributed by atoms with Crippen molar-refractivity contribution < 1.29 is 24.2 Å². The van der Waals surface area contributed by atoms with Gasteiger partial charge in [-0.1, -0.05) is 0 Å². The molecule has 174 valence electrons. The van der Waals surface area contributed by atoms with Gasteiger partial charge in [0.1, 0.15) is 17.7 Å². The normalized spacial score (nSPS) is 42.7. The fourth-order valence-electron chi connectivity index (χ4n) is 7.73. The highest BCUT2D eigenvalue weighted by atomic mass is 16.6. The number of esters is 1. The van der Waals surface area contributed by atoms with Crippen molar-refractivity contribution in [3.05, 3.63) is 0 Å². The number of carbonyl (C=O) groups excluding carboxylic acids is 2. The zero-order valence-electron chi connectivity index (χ0n) is 18.2. The number of likely N-dealkylation sites (tertiary alicyclic amines) is 1. The number of rotatable bonds is 7. The van der Waals surface area contributed by atoms with Crippen molar-refractivity contribution in [1.29, 1.82) is 5.26 Å². The smallest absolute Gasteiger partial charge is 0.323 e. The molecule has 1 heterocycles. The Morgan fingerprint density at radius 2 is 1.81 bits per heavy atom. The van der Waals surface area contributed by atoms with Gasteiger partial charge in [0.15, 0.2) is 0 Å². The minimum Gasteiger partial charge on any atom is -0.481 e. The molecule has 1 saturated heterocycles. The van der Waals surface area contributed by atoms with E-state index in [-0.39, 0.29) is 30.8 Å². The van der Waals surface area contributed by atoms with E-state index < -0.39 is 35.0 Å². The van der Waals surface area contributed by atoms with Crippen molar-refractivity contribution in [2.75, 3.05) is 0 Å². The maximum Gasteiger partial charge on any atom is 0.323 e. The molecule has 4 bridgehead atoms. The number of aliphatic carboxylic acids is 1. The number of carbonyl (C=O) groups is 3. The summed E-state index contributed by atoms with van der Waals surface area (Å²) in [7, 11) is 0. The number of hydrogen-bond acceptors (Lipinski definition) is 7. The SMILES string of the molecule is N#C[C@@H]1CC2CC2N1C(=O)[C@@H](N)C12CC3C[C@H](CC(OC(=O)[C@@H](N)CCC(=O)O)(C3)C1)C2. The van der Waals surface area contributed by atoms with Crippen LogP contribution in [0.15, 0.2) is 0 Å². The molecule has 6 aliphatic rings. The Hall–Kier alpha value is -2.18. The van der Waals surface area contributed by atoms with Gasteiger partial charge in [-0.25, -0.2) is 0 Å². The number of ether oxygens (including phenoxy) is 1. The predicted octanol–water partition coefficient (Wildman–Crippen LogP) is 0.901. The van der Waals surface area contributed by atoms with Crippen LogP contribution in [0.1, 0.15) is 64.2 Å². The number of nitrogens with zero attached hydrogens (tertiary/aromatic N) is 2. The fraction of sp³-hybridized carbons (Fsp3) is 0.826. The van der Waals surface area contributed by atoms with Gasteiger partial charge in [0.2, 0.25) is 5.91 Å². The van der Waals surface area contributed by atoms with E-state index in [0.717, 1.165) is 44.9 Å². The van der Waals surface area contributed by atoms with Crippen molar-refractivity contribution in [1.82, 2.24) is 4.90 Å². The Balaban J connectivity index is 1.33. The Kier molecular flexibility index (Phi) is 5.02. The first-order valence-corrected chi connectivity index (χ1v) is 11.8. The first-order chi connectivity index (χ1) is 15.2. The van der Waals surface area contributed by atoms with E-state index in [4.69, 9.17) is 21.3 Å². The number of carboxylic acid groups (broad SMARTS) is 1. The second kappa shape index (κ2) is 7.42. The van der Waals surface area contributed by atoms with Gasteiger partial charge in [-0.15, -0.1) is 0 Å². The van der Waals surface area contributed by atoms with Gasteiger partial charge in [-0.3, -0.25) is 14.4 Å². The highest BCUT2D eigenvalue weighted by molar-refractivity contribution is 5.84. The third-order valence-electron chi connectivity index (χ3n) is 8.78. The van der Waals surface area contributed by atoms with Crippen LogP contribution in [0, 0.1) is 34.5 Å². The molecule has 0 aromatic heterocycles. The number of hydrogen-bond donors (Lipinski definition) is 3. The van der Waals surface area contributed by atoms with Crippen molar-refractivity contribution in [2.45, 2.75) is 94.0 Å². The summed E-state index contributed by atoms with van der Waals surface area (Å²) in [6.07, 6.45) is 6.34. The molecule has 0 radical (unpaired) electrons. The highest BCUT2D eigenvalue weighted by Gasteiger charge is 2.64. The summed E-state index contributed by atoms with van der Waals surface area (Å²) >= 11 is 0. The van der Waals surface area contributed by atoms with Gasteiger partial charge in [-0.05, 0) is 81.0 Å². The first kappa shape index (κ1) is 21.7. The molecule has 0 aromatic rings. The minimum atomic E-state index is -0.998. The van der Waals surface area contributed by atoms with E-state index in [1.165, 1.54) is 0 Å². The number of fused-ring (bicyclic) bond motifs is 1. The van der Waals surface area contributed by atoms with Gasteiger partial charge >= 0.3 is 11.9 Å². The summed E-state index contributed by atoms with van der Waals surface area (Å²) in [5, 5.41) is 18.4. The first-order valence-electron chi connectivity index (χ1n) is 11.8. The summed E-state index contributed by atoms with van der Waals surface area (Å²) in [5.74, 6) is -0.556. The zero-order chi connectivity index (χ0) is 22.8.